The van der Waals surface area contributed by atoms with Gasteiger partial charge in [0.15, 0.2) is 0 Å². The van der Waals surface area contributed by atoms with Crippen LogP contribution in [0.3, 0.4) is 0 Å². The molecule has 0 aliphatic carbocycles. The zero-order valence-electron chi connectivity index (χ0n) is 11.6. The number of hydrogen-bond donors (Lipinski definition) is 0. The van der Waals surface area contributed by atoms with E-state index >= 15 is 0 Å². The molecule has 2 rings (SSSR count). The van der Waals surface area contributed by atoms with Gasteiger partial charge < -0.3 is 4.74 Å². The first-order valence-electron chi connectivity index (χ1n) is 6.35. The zero-order chi connectivity index (χ0) is 14.5. The van der Waals surface area contributed by atoms with Gasteiger partial charge in [-0.05, 0) is 5.56 Å². The van der Waals surface area contributed by atoms with Crippen molar-refractivity contribution in [3.05, 3.63) is 29.8 Å². The van der Waals surface area contributed by atoms with Gasteiger partial charge >= 0.3 is 6.18 Å². The predicted molar refractivity (Wildman–Crippen MR) is 75.8 cm³/mol. The van der Waals surface area contributed by atoms with Crippen LogP contribution in [-0.2, 0) is 4.74 Å². The van der Waals surface area contributed by atoms with Crippen LogP contribution in [0.4, 0.5) is 13.2 Å². The number of alkyl halides is 3. The van der Waals surface area contributed by atoms with Gasteiger partial charge in [-0.2, -0.15) is 13.2 Å². The number of ether oxygens (including phenoxy) is 1. The Morgan fingerprint density at radius 2 is 1.68 bits per heavy atom. The van der Waals surface area contributed by atoms with Gasteiger partial charge in [0.25, 0.3) is 0 Å². The van der Waals surface area contributed by atoms with E-state index in [0.717, 1.165) is 5.56 Å². The van der Waals surface area contributed by atoms with Crippen LogP contribution in [0.15, 0.2) is 24.3 Å². The van der Waals surface area contributed by atoms with Crippen molar-refractivity contribution in [2.45, 2.75) is 38.1 Å². The number of benzene rings is 1. The highest BCUT2D eigenvalue weighted by Gasteiger charge is 2.56. The molecule has 0 amide bonds. The predicted octanol–water partition coefficient (Wildman–Crippen LogP) is 3.56. The van der Waals surface area contributed by atoms with E-state index in [9.17, 15) is 13.2 Å². The first-order valence-corrected chi connectivity index (χ1v) is 13.4. The number of rotatable bonds is 2. The van der Waals surface area contributed by atoms with Gasteiger partial charge in [-0.25, -0.2) is 0 Å². The standard InChI is InChI=1S/C13H19F3OSi2/c1-18(2)11-8-6-5-7-10(11)12(19(18,3)4)17-9-13(14,15)16/h5-8,12H,9H2,1-4H3. The maximum atomic E-state index is 12.4. The molecule has 0 saturated heterocycles. The van der Waals surface area contributed by atoms with Crippen molar-refractivity contribution in [3.63, 3.8) is 0 Å². The molecule has 1 aliphatic rings. The van der Waals surface area contributed by atoms with E-state index in [1.165, 1.54) is 5.19 Å². The molecule has 0 saturated carbocycles. The molecule has 1 atom stereocenters. The molecule has 19 heavy (non-hydrogen) atoms. The molecule has 106 valence electrons. The van der Waals surface area contributed by atoms with Crippen molar-refractivity contribution in [3.8, 4) is 0 Å². The summed E-state index contributed by atoms with van der Waals surface area (Å²) >= 11 is 0. The van der Waals surface area contributed by atoms with E-state index in [2.05, 4.69) is 32.3 Å². The molecule has 0 spiro atoms. The van der Waals surface area contributed by atoms with E-state index in [4.69, 9.17) is 4.74 Å². The molecule has 0 fully saturated rings. The summed E-state index contributed by atoms with van der Waals surface area (Å²) in [6.45, 7) is 7.71. The average Bonchev–Trinajstić information content (AvgIpc) is 2.41. The fraction of sp³-hybridized carbons (Fsp3) is 0.538. The van der Waals surface area contributed by atoms with Crippen molar-refractivity contribution < 1.29 is 17.9 Å². The van der Waals surface area contributed by atoms with Crippen LogP contribution < -0.4 is 5.19 Å². The largest absolute Gasteiger partial charge is 0.411 e. The molecule has 1 heterocycles. The highest BCUT2D eigenvalue weighted by molar-refractivity contribution is 7.47. The van der Waals surface area contributed by atoms with Crippen LogP contribution in [0.1, 0.15) is 11.3 Å². The van der Waals surface area contributed by atoms with Gasteiger partial charge in [0, 0.05) is 0 Å². The van der Waals surface area contributed by atoms with Crippen LogP contribution in [0.25, 0.3) is 0 Å². The van der Waals surface area contributed by atoms with Crippen molar-refractivity contribution in [2.24, 2.45) is 0 Å². The van der Waals surface area contributed by atoms with Crippen LogP contribution in [-0.4, -0.2) is 28.0 Å². The van der Waals surface area contributed by atoms with Crippen molar-refractivity contribution in [1.29, 1.82) is 0 Å². The molecule has 0 radical (unpaired) electrons. The molecule has 1 aliphatic heterocycles. The number of fused-ring (bicyclic) bond motifs is 1. The second-order valence-electron chi connectivity index (χ2n) is 6.24. The highest BCUT2D eigenvalue weighted by atomic mass is 29.3. The first-order chi connectivity index (χ1) is 8.57. The van der Waals surface area contributed by atoms with Gasteiger partial charge in [0.05, 0.1) is 20.9 Å². The van der Waals surface area contributed by atoms with Gasteiger partial charge in [-0.3, -0.25) is 0 Å². The molecular formula is C13H19F3OSi2. The minimum absolute atomic E-state index is 0.327. The third-order valence-electron chi connectivity index (χ3n) is 4.60. The Labute approximate surface area is 113 Å². The van der Waals surface area contributed by atoms with Crippen LogP contribution in [0.2, 0.25) is 26.2 Å². The second-order valence-corrected chi connectivity index (χ2v) is 21.6. The fourth-order valence-corrected chi connectivity index (χ4v) is 12.8. The monoisotopic (exact) mass is 304 g/mol. The Morgan fingerprint density at radius 1 is 1.11 bits per heavy atom. The van der Waals surface area contributed by atoms with Gasteiger partial charge in [0.1, 0.15) is 6.61 Å². The molecule has 0 N–H and O–H groups in total. The Kier molecular flexibility index (Phi) is 3.48. The summed E-state index contributed by atoms with van der Waals surface area (Å²) in [5.74, 6) is 0. The quantitative estimate of drug-likeness (QED) is 0.759. The fourth-order valence-electron chi connectivity index (χ4n) is 2.83. The molecule has 1 aromatic rings. The third kappa shape index (κ3) is 2.41. The molecule has 6 heteroatoms. The van der Waals surface area contributed by atoms with Crippen LogP contribution >= 0.6 is 0 Å². The Morgan fingerprint density at radius 3 is 2.26 bits per heavy atom. The van der Waals surface area contributed by atoms with Gasteiger partial charge in [-0.1, -0.05) is 55.6 Å². The second kappa shape index (κ2) is 4.46. The smallest absolute Gasteiger partial charge is 0.368 e. The van der Waals surface area contributed by atoms with Crippen LogP contribution in [0, 0.1) is 0 Å². The van der Waals surface area contributed by atoms with Crippen molar-refractivity contribution >= 4 is 20.4 Å². The summed E-state index contributed by atoms with van der Waals surface area (Å²) < 4.78 is 42.6. The number of halogens is 3. The normalized spacial score (nSPS) is 24.3. The molecule has 0 bridgehead atoms. The Balaban J connectivity index is 2.38. The molecule has 1 aromatic carbocycles. The lowest BCUT2D eigenvalue weighted by Crippen LogP contribution is -2.60. The summed E-state index contributed by atoms with van der Waals surface area (Å²) in [6, 6.07) is 7.88. The SMILES string of the molecule is C[Si]1(C)c2ccccc2C(OCC(F)(F)F)[Si]1(C)C. The average molecular weight is 304 g/mol. The molecule has 1 nitrogen and oxygen atoms in total. The summed E-state index contributed by atoms with van der Waals surface area (Å²) in [6.07, 6.45) is -4.26. The van der Waals surface area contributed by atoms with Gasteiger partial charge in [-0.15, -0.1) is 0 Å². The summed E-state index contributed by atoms with van der Waals surface area (Å²) in [5.41, 5.74) is 0.673. The Hall–Kier alpha value is -0.596. The van der Waals surface area contributed by atoms with E-state index in [1.807, 2.05) is 18.2 Å². The van der Waals surface area contributed by atoms with E-state index in [0.29, 0.717) is 0 Å². The lowest BCUT2D eigenvalue weighted by molar-refractivity contribution is -0.179. The van der Waals surface area contributed by atoms with Crippen LogP contribution in [0.5, 0.6) is 0 Å². The minimum atomic E-state index is -4.26. The molecule has 1 unspecified atom stereocenters. The van der Waals surface area contributed by atoms with E-state index < -0.39 is 28.0 Å². The van der Waals surface area contributed by atoms with E-state index in [-0.39, 0.29) is 5.73 Å². The van der Waals surface area contributed by atoms with Crippen molar-refractivity contribution in [2.75, 3.05) is 6.61 Å². The highest BCUT2D eigenvalue weighted by Crippen LogP contribution is 2.41. The maximum Gasteiger partial charge on any atom is 0.411 e. The summed E-state index contributed by atoms with van der Waals surface area (Å²) in [7, 11) is -3.59. The molecule has 0 aromatic heterocycles. The zero-order valence-corrected chi connectivity index (χ0v) is 13.6. The third-order valence-corrected chi connectivity index (χ3v) is 22.7. The lowest BCUT2D eigenvalue weighted by atomic mass is 10.2. The number of hydrogen-bond acceptors (Lipinski definition) is 1. The topological polar surface area (TPSA) is 9.23 Å². The minimum Gasteiger partial charge on any atom is -0.368 e. The van der Waals surface area contributed by atoms with Crippen molar-refractivity contribution in [1.82, 2.24) is 0 Å². The summed E-state index contributed by atoms with van der Waals surface area (Å²) in [5, 5.41) is 1.28. The first kappa shape index (κ1) is 14.8. The Bertz CT molecular complexity index is 483. The molecular weight excluding hydrogens is 285 g/mol. The summed E-state index contributed by atoms with van der Waals surface area (Å²) in [4.78, 5) is 0. The lowest BCUT2D eigenvalue weighted by Gasteiger charge is -2.35. The van der Waals surface area contributed by atoms with E-state index in [1.54, 1.807) is 0 Å². The maximum absolute atomic E-state index is 12.4. The van der Waals surface area contributed by atoms with Gasteiger partial charge in [0.2, 0.25) is 0 Å².